The molecule has 1 aliphatic heterocycles. The van der Waals surface area contributed by atoms with Crippen molar-refractivity contribution < 1.29 is 14.3 Å². The molecular formula is C21H38O3. The van der Waals surface area contributed by atoms with Crippen LogP contribution in [0.4, 0.5) is 0 Å². The average Bonchev–Trinajstić information content (AvgIpc) is 3.33. The SMILES string of the molecule is C=CCOC(=O)CCCCCCCCCC1OC1CCCCCC. The molecule has 0 bridgehead atoms. The summed E-state index contributed by atoms with van der Waals surface area (Å²) in [5.74, 6) is -0.0939. The second kappa shape index (κ2) is 14.5. The number of carbonyl (C=O) groups excluding carboxylic acids is 1. The lowest BCUT2D eigenvalue weighted by Crippen LogP contribution is -2.03. The van der Waals surface area contributed by atoms with Gasteiger partial charge in [0.05, 0.1) is 12.2 Å². The maximum atomic E-state index is 11.3. The molecule has 0 aliphatic carbocycles. The Bertz CT molecular complexity index is 327. The lowest BCUT2D eigenvalue weighted by atomic mass is 10.0. The van der Waals surface area contributed by atoms with Gasteiger partial charge in [-0.15, -0.1) is 0 Å². The third-order valence-corrected chi connectivity index (χ3v) is 4.76. The number of hydrogen-bond donors (Lipinski definition) is 0. The van der Waals surface area contributed by atoms with E-state index in [1.165, 1.54) is 70.6 Å². The van der Waals surface area contributed by atoms with Gasteiger partial charge in [-0.3, -0.25) is 4.79 Å². The van der Waals surface area contributed by atoms with Gasteiger partial charge < -0.3 is 9.47 Å². The topological polar surface area (TPSA) is 38.8 Å². The summed E-state index contributed by atoms with van der Waals surface area (Å²) in [4.78, 5) is 11.3. The highest BCUT2D eigenvalue weighted by atomic mass is 16.6. The molecule has 2 unspecified atom stereocenters. The number of hydrogen-bond acceptors (Lipinski definition) is 3. The van der Waals surface area contributed by atoms with E-state index in [0.29, 0.717) is 25.2 Å². The molecule has 0 spiro atoms. The molecule has 140 valence electrons. The summed E-state index contributed by atoms with van der Waals surface area (Å²) in [5.41, 5.74) is 0. The van der Waals surface area contributed by atoms with E-state index in [1.54, 1.807) is 6.08 Å². The summed E-state index contributed by atoms with van der Waals surface area (Å²) in [6.07, 6.45) is 19.8. The van der Waals surface area contributed by atoms with Crippen molar-refractivity contribution in [3.63, 3.8) is 0 Å². The van der Waals surface area contributed by atoms with E-state index in [2.05, 4.69) is 13.5 Å². The van der Waals surface area contributed by atoms with Crippen LogP contribution in [0.2, 0.25) is 0 Å². The van der Waals surface area contributed by atoms with E-state index in [1.807, 2.05) is 0 Å². The molecule has 1 rings (SSSR count). The number of carbonyl (C=O) groups is 1. The Morgan fingerprint density at radius 1 is 0.917 bits per heavy atom. The predicted octanol–water partition coefficient (Wildman–Crippen LogP) is 5.96. The van der Waals surface area contributed by atoms with Gasteiger partial charge >= 0.3 is 5.97 Å². The zero-order valence-electron chi connectivity index (χ0n) is 15.8. The van der Waals surface area contributed by atoms with Gasteiger partial charge in [0.25, 0.3) is 0 Å². The number of unbranched alkanes of at least 4 members (excludes halogenated alkanes) is 9. The zero-order valence-corrected chi connectivity index (χ0v) is 15.8. The highest BCUT2D eigenvalue weighted by Crippen LogP contribution is 2.31. The molecule has 0 amide bonds. The predicted molar refractivity (Wildman–Crippen MR) is 100 cm³/mol. The van der Waals surface area contributed by atoms with Gasteiger partial charge in [-0.2, -0.15) is 0 Å². The fourth-order valence-electron chi connectivity index (χ4n) is 3.18. The van der Waals surface area contributed by atoms with Gasteiger partial charge in [0.15, 0.2) is 0 Å². The third-order valence-electron chi connectivity index (χ3n) is 4.76. The minimum atomic E-state index is -0.0939. The van der Waals surface area contributed by atoms with Crippen LogP contribution in [-0.2, 0) is 14.3 Å². The van der Waals surface area contributed by atoms with Crippen LogP contribution in [0.25, 0.3) is 0 Å². The van der Waals surface area contributed by atoms with Crippen molar-refractivity contribution in [2.75, 3.05) is 6.61 Å². The van der Waals surface area contributed by atoms with Crippen LogP contribution in [0, 0.1) is 0 Å². The first-order chi connectivity index (χ1) is 11.8. The third kappa shape index (κ3) is 11.7. The lowest BCUT2D eigenvalue weighted by Gasteiger charge is -2.03. The Labute approximate surface area is 149 Å². The number of ether oxygens (including phenoxy) is 2. The van der Waals surface area contributed by atoms with E-state index in [-0.39, 0.29) is 5.97 Å². The highest BCUT2D eigenvalue weighted by molar-refractivity contribution is 5.69. The Kier molecular flexibility index (Phi) is 12.8. The van der Waals surface area contributed by atoms with Crippen LogP contribution in [0.15, 0.2) is 12.7 Å². The van der Waals surface area contributed by atoms with Crippen molar-refractivity contribution >= 4 is 5.97 Å². The standard InChI is InChI=1S/C21H38O3/c1-3-5-6-12-15-19-20(24-19)16-13-10-8-7-9-11-14-17-21(22)23-18-4-2/h4,19-20H,2-3,5-18H2,1H3. The minimum Gasteiger partial charge on any atom is -0.461 e. The molecule has 1 saturated heterocycles. The van der Waals surface area contributed by atoms with Crippen molar-refractivity contribution in [2.24, 2.45) is 0 Å². The lowest BCUT2D eigenvalue weighted by molar-refractivity contribution is -0.142. The maximum absolute atomic E-state index is 11.3. The smallest absolute Gasteiger partial charge is 0.306 e. The van der Waals surface area contributed by atoms with Gasteiger partial charge in [0, 0.05) is 6.42 Å². The van der Waals surface area contributed by atoms with Crippen LogP contribution in [0.3, 0.4) is 0 Å². The monoisotopic (exact) mass is 338 g/mol. The van der Waals surface area contributed by atoms with Gasteiger partial charge in [0.2, 0.25) is 0 Å². The van der Waals surface area contributed by atoms with E-state index < -0.39 is 0 Å². The molecule has 0 aromatic carbocycles. The van der Waals surface area contributed by atoms with Crippen molar-refractivity contribution in [1.29, 1.82) is 0 Å². The van der Waals surface area contributed by atoms with Crippen molar-refractivity contribution in [3.8, 4) is 0 Å². The van der Waals surface area contributed by atoms with Crippen LogP contribution in [0.1, 0.15) is 96.8 Å². The Balaban J connectivity index is 1.76. The molecule has 1 aliphatic rings. The fourth-order valence-corrected chi connectivity index (χ4v) is 3.18. The van der Waals surface area contributed by atoms with Crippen molar-refractivity contribution in [3.05, 3.63) is 12.7 Å². The van der Waals surface area contributed by atoms with Crippen LogP contribution >= 0.6 is 0 Å². The Hall–Kier alpha value is -0.830. The molecule has 3 nitrogen and oxygen atoms in total. The molecule has 0 aromatic heterocycles. The molecule has 0 aromatic rings. The fraction of sp³-hybridized carbons (Fsp3) is 0.857. The average molecular weight is 339 g/mol. The number of epoxide rings is 1. The first kappa shape index (κ1) is 21.2. The zero-order chi connectivity index (χ0) is 17.5. The minimum absolute atomic E-state index is 0.0939. The summed E-state index contributed by atoms with van der Waals surface area (Å²) >= 11 is 0. The molecule has 1 heterocycles. The quantitative estimate of drug-likeness (QED) is 0.142. The van der Waals surface area contributed by atoms with E-state index >= 15 is 0 Å². The second-order valence-corrected chi connectivity index (χ2v) is 7.05. The summed E-state index contributed by atoms with van der Waals surface area (Å²) < 4.78 is 10.7. The van der Waals surface area contributed by atoms with Gasteiger partial charge in [-0.25, -0.2) is 0 Å². The van der Waals surface area contributed by atoms with Crippen LogP contribution in [0.5, 0.6) is 0 Å². The normalized spacial score (nSPS) is 19.2. The van der Waals surface area contributed by atoms with Crippen LogP contribution < -0.4 is 0 Å². The first-order valence-electron chi connectivity index (χ1n) is 10.2. The van der Waals surface area contributed by atoms with Gasteiger partial charge in [-0.05, 0) is 19.3 Å². The highest BCUT2D eigenvalue weighted by Gasteiger charge is 2.36. The number of rotatable bonds is 17. The molecular weight excluding hydrogens is 300 g/mol. The Morgan fingerprint density at radius 2 is 1.46 bits per heavy atom. The molecule has 3 heteroatoms. The molecule has 24 heavy (non-hydrogen) atoms. The van der Waals surface area contributed by atoms with Gasteiger partial charge in [-0.1, -0.05) is 83.8 Å². The molecule has 1 fully saturated rings. The van der Waals surface area contributed by atoms with Crippen molar-refractivity contribution in [2.45, 2.75) is 109 Å². The molecule has 0 radical (unpaired) electrons. The van der Waals surface area contributed by atoms with Crippen LogP contribution in [-0.4, -0.2) is 24.8 Å². The van der Waals surface area contributed by atoms with Gasteiger partial charge in [0.1, 0.15) is 6.61 Å². The number of esters is 1. The molecule has 0 saturated carbocycles. The molecule has 0 N–H and O–H groups in total. The maximum Gasteiger partial charge on any atom is 0.306 e. The molecule has 2 atom stereocenters. The largest absolute Gasteiger partial charge is 0.461 e. The summed E-state index contributed by atoms with van der Waals surface area (Å²) in [6.45, 7) is 6.13. The van der Waals surface area contributed by atoms with Crippen molar-refractivity contribution in [1.82, 2.24) is 0 Å². The summed E-state index contributed by atoms with van der Waals surface area (Å²) in [6, 6.07) is 0. The van der Waals surface area contributed by atoms with E-state index in [0.717, 1.165) is 12.8 Å². The summed E-state index contributed by atoms with van der Waals surface area (Å²) in [7, 11) is 0. The Morgan fingerprint density at radius 3 is 2.04 bits per heavy atom. The first-order valence-corrected chi connectivity index (χ1v) is 10.2. The summed E-state index contributed by atoms with van der Waals surface area (Å²) in [5, 5.41) is 0. The van der Waals surface area contributed by atoms with E-state index in [9.17, 15) is 4.79 Å². The van der Waals surface area contributed by atoms with E-state index in [4.69, 9.17) is 9.47 Å². The second-order valence-electron chi connectivity index (χ2n) is 7.05.